The summed E-state index contributed by atoms with van der Waals surface area (Å²) >= 11 is 0. The molecule has 0 aliphatic carbocycles. The first-order chi connectivity index (χ1) is 11.6. The Labute approximate surface area is 141 Å². The Morgan fingerprint density at radius 3 is 2.75 bits per heavy atom. The van der Waals surface area contributed by atoms with E-state index in [1.165, 1.54) is 0 Å². The molecule has 0 aromatic carbocycles. The van der Waals surface area contributed by atoms with E-state index in [9.17, 15) is 0 Å². The van der Waals surface area contributed by atoms with E-state index >= 15 is 0 Å². The Hall–Kier alpha value is -2.89. The third-order valence-corrected chi connectivity index (χ3v) is 3.81. The summed E-state index contributed by atoms with van der Waals surface area (Å²) in [5.74, 6) is 0.800. The van der Waals surface area contributed by atoms with E-state index in [1.807, 2.05) is 55.8 Å². The predicted octanol–water partition coefficient (Wildman–Crippen LogP) is 3.29. The van der Waals surface area contributed by atoms with Gasteiger partial charge in [0.2, 0.25) is 0 Å². The average molecular weight is 320 g/mol. The highest BCUT2D eigenvalue weighted by molar-refractivity contribution is 5.62. The minimum absolute atomic E-state index is 0.726. The van der Waals surface area contributed by atoms with E-state index in [0.717, 1.165) is 52.8 Å². The summed E-state index contributed by atoms with van der Waals surface area (Å²) in [7, 11) is 0. The minimum Gasteiger partial charge on any atom is -0.262 e. The van der Waals surface area contributed by atoms with Crippen molar-refractivity contribution in [2.45, 2.75) is 33.6 Å². The van der Waals surface area contributed by atoms with Crippen molar-refractivity contribution >= 4 is 24.1 Å². The van der Waals surface area contributed by atoms with Gasteiger partial charge in [0.25, 0.3) is 0 Å². The maximum absolute atomic E-state index is 4.64. The van der Waals surface area contributed by atoms with Crippen LogP contribution in [0.5, 0.6) is 0 Å². The molecule has 0 N–H and O–H groups in total. The molecular weight excluding hydrogens is 300 g/mol. The average Bonchev–Trinajstić information content (AvgIpc) is 3.02. The second kappa shape index (κ2) is 6.70. The van der Waals surface area contributed by atoms with Gasteiger partial charge in [-0.2, -0.15) is 5.10 Å². The molecule has 3 aromatic heterocycles. The number of aliphatic imine (C=N–C) groups is 1. The van der Waals surface area contributed by atoms with Crippen molar-refractivity contribution in [2.24, 2.45) is 4.99 Å². The summed E-state index contributed by atoms with van der Waals surface area (Å²) in [6.07, 6.45) is 7.19. The lowest BCUT2D eigenvalue weighted by molar-refractivity contribution is 0.805. The zero-order chi connectivity index (χ0) is 17.1. The molecule has 3 aromatic rings. The van der Waals surface area contributed by atoms with E-state index in [2.05, 4.69) is 31.8 Å². The smallest absolute Gasteiger partial charge is 0.177 e. The van der Waals surface area contributed by atoms with E-state index in [1.54, 1.807) is 0 Å². The predicted molar refractivity (Wildman–Crippen MR) is 95.8 cm³/mol. The third kappa shape index (κ3) is 3.08. The summed E-state index contributed by atoms with van der Waals surface area (Å²) in [4.78, 5) is 17.6. The van der Waals surface area contributed by atoms with Crippen LogP contribution in [-0.2, 0) is 12.8 Å². The molecule has 6 heteroatoms. The van der Waals surface area contributed by atoms with Crippen molar-refractivity contribution < 1.29 is 0 Å². The number of hydrogen-bond acceptors (Lipinski definition) is 5. The molecule has 24 heavy (non-hydrogen) atoms. The van der Waals surface area contributed by atoms with Gasteiger partial charge in [-0.05, 0) is 52.1 Å². The molecule has 0 spiro atoms. The van der Waals surface area contributed by atoms with Crippen molar-refractivity contribution in [2.75, 3.05) is 0 Å². The Morgan fingerprint density at radius 1 is 1.21 bits per heavy atom. The van der Waals surface area contributed by atoms with Gasteiger partial charge >= 0.3 is 0 Å². The molecule has 0 aliphatic rings. The van der Waals surface area contributed by atoms with Gasteiger partial charge in [0.1, 0.15) is 0 Å². The van der Waals surface area contributed by atoms with Crippen LogP contribution < -0.4 is 0 Å². The first-order valence-corrected chi connectivity index (χ1v) is 7.89. The highest BCUT2D eigenvalue weighted by Gasteiger charge is 2.10. The Morgan fingerprint density at radius 2 is 2.04 bits per heavy atom. The fraction of sp³-hybridized carbons (Fsp3) is 0.278. The van der Waals surface area contributed by atoms with E-state index in [4.69, 9.17) is 0 Å². The molecule has 3 heterocycles. The number of fused-ring (bicyclic) bond motifs is 1. The molecule has 0 amide bonds. The SMILES string of the molecule is C=Nc1ccc(CCc2nc3c(C)ncc(C)n3n2)nc1/C=C\C. The van der Waals surface area contributed by atoms with Gasteiger partial charge in [0.05, 0.1) is 22.8 Å². The summed E-state index contributed by atoms with van der Waals surface area (Å²) in [6.45, 7) is 9.46. The van der Waals surface area contributed by atoms with Crippen molar-refractivity contribution in [1.82, 2.24) is 24.6 Å². The first-order valence-electron chi connectivity index (χ1n) is 7.89. The van der Waals surface area contributed by atoms with Gasteiger partial charge in [-0.1, -0.05) is 6.08 Å². The third-order valence-electron chi connectivity index (χ3n) is 3.81. The van der Waals surface area contributed by atoms with Gasteiger partial charge in [0.15, 0.2) is 11.5 Å². The van der Waals surface area contributed by atoms with Crippen LogP contribution in [0.1, 0.15) is 35.5 Å². The molecule has 122 valence electrons. The van der Waals surface area contributed by atoms with Gasteiger partial charge in [-0.15, -0.1) is 0 Å². The van der Waals surface area contributed by atoms with Gasteiger partial charge in [-0.25, -0.2) is 9.50 Å². The second-order valence-electron chi connectivity index (χ2n) is 5.61. The second-order valence-corrected chi connectivity index (χ2v) is 5.61. The van der Waals surface area contributed by atoms with Crippen molar-refractivity contribution in [3.8, 4) is 0 Å². The number of nitrogens with zero attached hydrogens (tertiary/aromatic N) is 6. The highest BCUT2D eigenvalue weighted by Crippen LogP contribution is 2.19. The molecule has 0 fully saturated rings. The van der Waals surface area contributed by atoms with E-state index in [0.29, 0.717) is 0 Å². The maximum Gasteiger partial charge on any atom is 0.177 e. The van der Waals surface area contributed by atoms with Gasteiger partial charge in [-0.3, -0.25) is 15.0 Å². The van der Waals surface area contributed by atoms with Crippen molar-refractivity contribution in [3.63, 3.8) is 0 Å². The maximum atomic E-state index is 4.64. The molecule has 0 saturated carbocycles. The molecule has 3 rings (SSSR count). The van der Waals surface area contributed by atoms with Crippen LogP contribution in [0.3, 0.4) is 0 Å². The number of rotatable bonds is 5. The lowest BCUT2D eigenvalue weighted by Crippen LogP contribution is -1.99. The van der Waals surface area contributed by atoms with Crippen LogP contribution in [0.2, 0.25) is 0 Å². The normalized spacial score (nSPS) is 11.5. The molecule has 0 unspecified atom stereocenters. The van der Waals surface area contributed by atoms with E-state index in [-0.39, 0.29) is 0 Å². The zero-order valence-electron chi connectivity index (χ0n) is 14.2. The molecule has 0 radical (unpaired) electrons. The molecule has 0 aliphatic heterocycles. The minimum atomic E-state index is 0.726. The van der Waals surface area contributed by atoms with Crippen LogP contribution in [0.4, 0.5) is 5.69 Å². The number of aryl methyl sites for hydroxylation is 4. The summed E-state index contributed by atoms with van der Waals surface area (Å²) in [5.41, 5.74) is 5.29. The van der Waals surface area contributed by atoms with Gasteiger partial charge in [0, 0.05) is 18.3 Å². The quantitative estimate of drug-likeness (QED) is 0.677. The van der Waals surface area contributed by atoms with Crippen LogP contribution in [0, 0.1) is 13.8 Å². The van der Waals surface area contributed by atoms with Crippen molar-refractivity contribution in [1.29, 1.82) is 0 Å². The standard InChI is InChI=1S/C18H20N6/c1-5-6-16-15(19-4)9-7-14(21-16)8-10-17-22-18-13(3)20-11-12(2)24(18)23-17/h5-7,9,11H,4,8,10H2,1-3H3/b6-5-. The number of aromatic nitrogens is 5. The van der Waals surface area contributed by atoms with Gasteiger partial charge < -0.3 is 0 Å². The Bertz CT molecular complexity index is 884. The zero-order valence-corrected chi connectivity index (χ0v) is 14.2. The molecule has 0 saturated heterocycles. The van der Waals surface area contributed by atoms with Crippen LogP contribution >= 0.6 is 0 Å². The summed E-state index contributed by atoms with van der Waals surface area (Å²) in [6, 6.07) is 3.92. The summed E-state index contributed by atoms with van der Waals surface area (Å²) in [5, 5.41) is 4.58. The topological polar surface area (TPSA) is 68.3 Å². The van der Waals surface area contributed by atoms with Crippen LogP contribution in [0.15, 0.2) is 29.4 Å². The Kier molecular flexibility index (Phi) is 4.46. The fourth-order valence-corrected chi connectivity index (χ4v) is 2.55. The van der Waals surface area contributed by atoms with Crippen LogP contribution in [-0.4, -0.2) is 31.3 Å². The lowest BCUT2D eigenvalue weighted by Gasteiger charge is -2.03. The lowest BCUT2D eigenvalue weighted by atomic mass is 10.2. The number of allylic oxidation sites excluding steroid dienone is 1. The Balaban J connectivity index is 1.83. The molecule has 0 atom stereocenters. The monoisotopic (exact) mass is 320 g/mol. The van der Waals surface area contributed by atoms with Crippen LogP contribution in [0.25, 0.3) is 11.7 Å². The largest absolute Gasteiger partial charge is 0.262 e. The van der Waals surface area contributed by atoms with E-state index < -0.39 is 0 Å². The fourth-order valence-electron chi connectivity index (χ4n) is 2.55. The van der Waals surface area contributed by atoms with Crippen molar-refractivity contribution in [3.05, 3.63) is 53.0 Å². The summed E-state index contributed by atoms with van der Waals surface area (Å²) < 4.78 is 1.85. The molecule has 0 bridgehead atoms. The molecular formula is C18H20N6. The highest BCUT2D eigenvalue weighted by atomic mass is 15.3. The number of pyridine rings is 1. The first kappa shape index (κ1) is 16.0. The number of hydrogen-bond donors (Lipinski definition) is 0. The molecule has 6 nitrogen and oxygen atoms in total.